The second-order valence-electron chi connectivity index (χ2n) is 8.13. The smallest absolute Gasteiger partial charge is 0.00100 e. The van der Waals surface area contributed by atoms with Gasteiger partial charge in [0.15, 0.2) is 0 Å². The van der Waals surface area contributed by atoms with Crippen LogP contribution in [0.2, 0.25) is 0 Å². The van der Waals surface area contributed by atoms with Gasteiger partial charge in [-0.1, -0.05) is 53.4 Å². The number of piperidine rings is 1. The predicted molar refractivity (Wildman–Crippen MR) is 95.7 cm³/mol. The lowest BCUT2D eigenvalue weighted by Crippen LogP contribution is -2.42. The van der Waals surface area contributed by atoms with Crippen molar-refractivity contribution in [1.29, 1.82) is 0 Å². The summed E-state index contributed by atoms with van der Waals surface area (Å²) in [6, 6.07) is 0. The molecule has 3 aliphatic rings. The molecule has 1 aliphatic heterocycles. The van der Waals surface area contributed by atoms with Crippen molar-refractivity contribution in [2.45, 2.75) is 94.5 Å². The summed E-state index contributed by atoms with van der Waals surface area (Å²) < 4.78 is 0. The van der Waals surface area contributed by atoms with Crippen LogP contribution in [-0.4, -0.2) is 42.0 Å². The number of hydrogen-bond acceptors (Lipinski definition) is 1. The zero-order valence-corrected chi connectivity index (χ0v) is 15.3. The van der Waals surface area contributed by atoms with Crippen LogP contribution in [0.4, 0.5) is 0 Å². The van der Waals surface area contributed by atoms with E-state index in [1.807, 2.05) is 0 Å². The van der Waals surface area contributed by atoms with Crippen molar-refractivity contribution in [2.24, 2.45) is 5.92 Å². The molecule has 0 radical (unpaired) electrons. The number of nitrogens with zero attached hydrogens (tertiary/aromatic N) is 1. The molecule has 0 aromatic rings. The minimum absolute atomic E-state index is 0.300. The highest BCUT2D eigenvalue weighted by Crippen LogP contribution is 2.61. The Balaban J connectivity index is 1.73. The molecular formula is C19H36NP. The Labute approximate surface area is 134 Å². The molecule has 1 heterocycles. The maximum absolute atomic E-state index is 2.58. The molecule has 2 saturated carbocycles. The van der Waals surface area contributed by atoms with Gasteiger partial charge in [-0.25, -0.2) is 0 Å². The molecule has 0 spiro atoms. The first kappa shape index (κ1) is 16.3. The van der Waals surface area contributed by atoms with Crippen molar-refractivity contribution in [2.75, 3.05) is 20.1 Å². The normalized spacial score (nSPS) is 34.4. The van der Waals surface area contributed by atoms with Crippen molar-refractivity contribution >= 4 is 7.92 Å². The van der Waals surface area contributed by atoms with Crippen LogP contribution in [0.15, 0.2) is 0 Å². The Kier molecular flexibility index (Phi) is 6.02. The third-order valence-electron chi connectivity index (χ3n) is 6.44. The molecule has 1 saturated heterocycles. The van der Waals surface area contributed by atoms with E-state index in [0.29, 0.717) is 7.92 Å². The fourth-order valence-corrected chi connectivity index (χ4v) is 10.1. The van der Waals surface area contributed by atoms with Gasteiger partial charge in [0.05, 0.1) is 0 Å². The first-order valence-electron chi connectivity index (χ1n) is 9.71. The molecule has 2 aliphatic carbocycles. The molecule has 0 aromatic heterocycles. The average Bonchev–Trinajstić information content (AvgIpc) is 2.52. The monoisotopic (exact) mass is 309 g/mol. The summed E-state index contributed by atoms with van der Waals surface area (Å²) in [5.74, 6) is 0.957. The van der Waals surface area contributed by atoms with Gasteiger partial charge in [-0.3, -0.25) is 0 Å². The maximum Gasteiger partial charge on any atom is 0.00100 e. The first-order valence-corrected chi connectivity index (χ1v) is 11.3. The summed E-state index contributed by atoms with van der Waals surface area (Å²) in [7, 11) is 2.63. The number of likely N-dealkylation sites (tertiary alicyclic amines) is 1. The van der Waals surface area contributed by atoms with Crippen molar-refractivity contribution < 1.29 is 0 Å². The zero-order chi connectivity index (χ0) is 14.7. The Morgan fingerprint density at radius 1 is 0.762 bits per heavy atom. The molecule has 3 fully saturated rings. The van der Waals surface area contributed by atoms with Crippen LogP contribution < -0.4 is 0 Å². The van der Waals surface area contributed by atoms with Gasteiger partial charge >= 0.3 is 0 Å². The fraction of sp³-hybridized carbons (Fsp3) is 1.00. The van der Waals surface area contributed by atoms with Crippen LogP contribution in [0, 0.1) is 5.92 Å². The number of hydrogen-bond donors (Lipinski definition) is 0. The lowest BCUT2D eigenvalue weighted by atomic mass is 9.98. The molecule has 0 aromatic carbocycles. The topological polar surface area (TPSA) is 3.24 Å². The van der Waals surface area contributed by atoms with E-state index in [1.54, 1.807) is 25.7 Å². The van der Waals surface area contributed by atoms with Crippen molar-refractivity contribution in [3.63, 3.8) is 0 Å². The summed E-state index contributed by atoms with van der Waals surface area (Å²) in [5, 5.41) is 0. The van der Waals surface area contributed by atoms with Crippen molar-refractivity contribution in [1.82, 2.24) is 4.90 Å². The molecule has 3 rings (SSSR count). The average molecular weight is 309 g/mol. The van der Waals surface area contributed by atoms with E-state index in [0.717, 1.165) is 22.9 Å². The quantitative estimate of drug-likeness (QED) is 0.624. The Hall–Kier alpha value is 0.390. The summed E-state index contributed by atoms with van der Waals surface area (Å²) in [6.45, 7) is 5.30. The highest BCUT2D eigenvalue weighted by molar-refractivity contribution is 7.60. The molecule has 0 bridgehead atoms. The van der Waals surface area contributed by atoms with Gasteiger partial charge in [0, 0.05) is 6.54 Å². The second kappa shape index (κ2) is 7.78. The van der Waals surface area contributed by atoms with E-state index < -0.39 is 0 Å². The van der Waals surface area contributed by atoms with Gasteiger partial charge in [0.2, 0.25) is 0 Å². The number of rotatable bonds is 3. The van der Waals surface area contributed by atoms with Crippen LogP contribution in [0.25, 0.3) is 0 Å². The van der Waals surface area contributed by atoms with Gasteiger partial charge in [0.25, 0.3) is 0 Å². The van der Waals surface area contributed by atoms with Gasteiger partial charge in [0.1, 0.15) is 0 Å². The highest BCUT2D eigenvalue weighted by atomic mass is 31.1. The van der Waals surface area contributed by atoms with E-state index in [-0.39, 0.29) is 0 Å². The van der Waals surface area contributed by atoms with E-state index in [2.05, 4.69) is 18.9 Å². The molecule has 0 amide bonds. The molecule has 1 nitrogen and oxygen atoms in total. The minimum Gasteiger partial charge on any atom is -0.306 e. The molecule has 122 valence electrons. The maximum atomic E-state index is 2.58. The third-order valence-corrected chi connectivity index (χ3v) is 10.7. The highest BCUT2D eigenvalue weighted by Gasteiger charge is 2.39. The largest absolute Gasteiger partial charge is 0.306 e. The standard InChI is InChI=1S/C19H36NP/c1-16-15-20(2)14-13-19(16)21(17-9-5-3-6-10-17)18-11-7-4-8-12-18/h16-19H,3-15H2,1-2H3. The SMILES string of the molecule is CC1CN(C)CCC1P(C1CCCCC1)C1CCCCC1. The molecule has 21 heavy (non-hydrogen) atoms. The Morgan fingerprint density at radius 3 is 1.76 bits per heavy atom. The summed E-state index contributed by atoms with van der Waals surface area (Å²) in [6.07, 6.45) is 17.0. The van der Waals surface area contributed by atoms with Crippen LogP contribution in [0.5, 0.6) is 0 Å². The van der Waals surface area contributed by atoms with E-state index in [9.17, 15) is 0 Å². The van der Waals surface area contributed by atoms with Crippen LogP contribution >= 0.6 is 7.92 Å². The van der Waals surface area contributed by atoms with Crippen LogP contribution in [-0.2, 0) is 0 Å². The Bertz CT molecular complexity index is 289. The Morgan fingerprint density at radius 2 is 1.29 bits per heavy atom. The second-order valence-corrected chi connectivity index (χ2v) is 11.1. The molecular weight excluding hydrogens is 273 g/mol. The molecule has 0 N–H and O–H groups in total. The fourth-order valence-electron chi connectivity index (χ4n) is 5.38. The van der Waals surface area contributed by atoms with Crippen molar-refractivity contribution in [3.8, 4) is 0 Å². The minimum atomic E-state index is 0.300. The van der Waals surface area contributed by atoms with E-state index >= 15 is 0 Å². The molecule has 2 heteroatoms. The van der Waals surface area contributed by atoms with Gasteiger partial charge in [-0.2, -0.15) is 0 Å². The third kappa shape index (κ3) is 4.03. The van der Waals surface area contributed by atoms with Crippen molar-refractivity contribution in [3.05, 3.63) is 0 Å². The summed E-state index contributed by atoms with van der Waals surface area (Å²) in [4.78, 5) is 2.58. The van der Waals surface area contributed by atoms with Crippen LogP contribution in [0.3, 0.4) is 0 Å². The summed E-state index contributed by atoms with van der Waals surface area (Å²) >= 11 is 0. The first-order chi connectivity index (χ1) is 10.3. The van der Waals surface area contributed by atoms with Gasteiger partial charge in [-0.15, -0.1) is 0 Å². The predicted octanol–water partition coefficient (Wildman–Crippen LogP) is 5.47. The summed E-state index contributed by atoms with van der Waals surface area (Å²) in [5.41, 5.74) is 3.39. The van der Waals surface area contributed by atoms with E-state index in [4.69, 9.17) is 0 Å². The van der Waals surface area contributed by atoms with Gasteiger partial charge in [-0.05, 0) is 68.6 Å². The van der Waals surface area contributed by atoms with Gasteiger partial charge < -0.3 is 4.90 Å². The zero-order valence-electron chi connectivity index (χ0n) is 14.4. The van der Waals surface area contributed by atoms with Crippen LogP contribution in [0.1, 0.15) is 77.6 Å². The molecule has 2 atom stereocenters. The van der Waals surface area contributed by atoms with E-state index in [1.165, 1.54) is 58.0 Å². The lowest BCUT2D eigenvalue weighted by Gasteiger charge is -2.48. The lowest BCUT2D eigenvalue weighted by molar-refractivity contribution is 0.224. The molecule has 2 unspecified atom stereocenters.